The zero-order chi connectivity index (χ0) is 20.2. The minimum absolute atomic E-state index is 0.160. The fourth-order valence-corrected chi connectivity index (χ4v) is 3.21. The summed E-state index contributed by atoms with van der Waals surface area (Å²) in [4.78, 5) is 31.3. The Balaban J connectivity index is 1.66. The molecule has 4 rings (SSSR count). The summed E-state index contributed by atoms with van der Waals surface area (Å²) in [6.45, 7) is 0. The number of ketones is 1. The summed E-state index contributed by atoms with van der Waals surface area (Å²) in [5, 5.41) is 0. The molecule has 0 unspecified atom stereocenters. The highest BCUT2D eigenvalue weighted by atomic mass is 16.2. The number of benzene rings is 2. The number of likely N-dealkylation sites (N-methyl/N-ethyl adjacent to an activating group) is 1. The van der Waals surface area contributed by atoms with E-state index in [4.69, 9.17) is 0 Å². The SMILES string of the molecule is CN1C(=O)C(=Cc2ccccc2)C(=O)c2cc(C#CCc3ccncc3)ccc21. The van der Waals surface area contributed by atoms with E-state index in [9.17, 15) is 9.59 Å². The average molecular weight is 378 g/mol. The van der Waals surface area contributed by atoms with Crippen LogP contribution in [0.2, 0.25) is 0 Å². The summed E-state index contributed by atoms with van der Waals surface area (Å²) in [7, 11) is 1.68. The van der Waals surface area contributed by atoms with E-state index in [-0.39, 0.29) is 17.3 Å². The minimum atomic E-state index is -0.303. The third kappa shape index (κ3) is 3.85. The highest BCUT2D eigenvalue weighted by Crippen LogP contribution is 2.31. The summed E-state index contributed by atoms with van der Waals surface area (Å²) < 4.78 is 0. The predicted octanol–water partition coefficient (Wildman–Crippen LogP) is 3.92. The summed E-state index contributed by atoms with van der Waals surface area (Å²) >= 11 is 0. The lowest BCUT2D eigenvalue weighted by Crippen LogP contribution is -2.36. The zero-order valence-electron chi connectivity index (χ0n) is 15.9. The summed E-state index contributed by atoms with van der Waals surface area (Å²) in [5.74, 6) is 5.66. The van der Waals surface area contributed by atoms with Crippen molar-refractivity contribution >= 4 is 23.5 Å². The molecule has 140 valence electrons. The molecule has 0 aliphatic carbocycles. The third-order valence-electron chi connectivity index (χ3n) is 4.77. The molecule has 0 saturated carbocycles. The highest BCUT2D eigenvalue weighted by Gasteiger charge is 2.32. The van der Waals surface area contributed by atoms with Crippen molar-refractivity contribution in [2.24, 2.45) is 0 Å². The molecule has 0 fully saturated rings. The van der Waals surface area contributed by atoms with Crippen molar-refractivity contribution in [3.63, 3.8) is 0 Å². The lowest BCUT2D eigenvalue weighted by molar-refractivity contribution is -0.114. The van der Waals surface area contributed by atoms with Crippen LogP contribution in [0.4, 0.5) is 5.69 Å². The Morgan fingerprint density at radius 3 is 2.52 bits per heavy atom. The summed E-state index contributed by atoms with van der Waals surface area (Å²) in [6, 6.07) is 18.6. The molecule has 4 nitrogen and oxygen atoms in total. The van der Waals surface area contributed by atoms with Gasteiger partial charge in [0.1, 0.15) is 0 Å². The summed E-state index contributed by atoms with van der Waals surface area (Å²) in [6.07, 6.45) is 5.72. The normalized spacial score (nSPS) is 14.4. The minimum Gasteiger partial charge on any atom is -0.311 e. The number of pyridine rings is 1. The molecule has 0 radical (unpaired) electrons. The van der Waals surface area contributed by atoms with E-state index >= 15 is 0 Å². The van der Waals surface area contributed by atoms with Crippen LogP contribution in [0.1, 0.15) is 27.0 Å². The molecule has 0 N–H and O–H groups in total. The number of aromatic nitrogens is 1. The van der Waals surface area contributed by atoms with Gasteiger partial charge in [0.25, 0.3) is 5.91 Å². The van der Waals surface area contributed by atoms with Crippen LogP contribution in [-0.2, 0) is 11.2 Å². The van der Waals surface area contributed by atoms with Gasteiger partial charge < -0.3 is 4.90 Å². The van der Waals surface area contributed by atoms with Gasteiger partial charge in [-0.3, -0.25) is 14.6 Å². The first-order chi connectivity index (χ1) is 14.1. The second kappa shape index (κ2) is 7.95. The van der Waals surface area contributed by atoms with Crippen LogP contribution in [-0.4, -0.2) is 23.7 Å². The van der Waals surface area contributed by atoms with Gasteiger partial charge in [0.15, 0.2) is 0 Å². The maximum Gasteiger partial charge on any atom is 0.262 e. The molecule has 2 aromatic carbocycles. The molecule has 4 heteroatoms. The number of carbonyl (C=O) groups is 2. The first kappa shape index (κ1) is 18.4. The number of nitrogens with zero attached hydrogens (tertiary/aromatic N) is 2. The second-order valence-corrected chi connectivity index (χ2v) is 6.73. The van der Waals surface area contributed by atoms with Crippen LogP contribution in [0.5, 0.6) is 0 Å². The smallest absolute Gasteiger partial charge is 0.262 e. The van der Waals surface area contributed by atoms with E-state index < -0.39 is 0 Å². The van der Waals surface area contributed by atoms with Crippen molar-refractivity contribution in [1.82, 2.24) is 4.98 Å². The molecule has 1 amide bonds. The van der Waals surface area contributed by atoms with Gasteiger partial charge in [-0.2, -0.15) is 0 Å². The topological polar surface area (TPSA) is 50.3 Å². The zero-order valence-corrected chi connectivity index (χ0v) is 15.9. The average Bonchev–Trinajstić information content (AvgIpc) is 2.76. The van der Waals surface area contributed by atoms with Crippen molar-refractivity contribution in [1.29, 1.82) is 0 Å². The molecule has 1 aliphatic rings. The van der Waals surface area contributed by atoms with E-state index in [2.05, 4.69) is 16.8 Å². The van der Waals surface area contributed by atoms with Crippen molar-refractivity contribution in [3.8, 4) is 11.8 Å². The van der Waals surface area contributed by atoms with E-state index in [1.54, 1.807) is 37.7 Å². The Morgan fingerprint density at radius 2 is 1.76 bits per heavy atom. The van der Waals surface area contributed by atoms with Crippen LogP contribution in [0.25, 0.3) is 6.08 Å². The van der Waals surface area contributed by atoms with Crippen LogP contribution >= 0.6 is 0 Å². The Morgan fingerprint density at radius 1 is 1.00 bits per heavy atom. The van der Waals surface area contributed by atoms with Gasteiger partial charge in [-0.25, -0.2) is 0 Å². The molecule has 3 aromatic rings. The van der Waals surface area contributed by atoms with E-state index in [1.165, 1.54) is 4.90 Å². The highest BCUT2D eigenvalue weighted by molar-refractivity contribution is 6.36. The van der Waals surface area contributed by atoms with Crippen molar-refractivity contribution in [3.05, 3.63) is 101 Å². The fourth-order valence-electron chi connectivity index (χ4n) is 3.21. The standard InChI is InChI=1S/C25H18N2O2/c1-27-23-11-10-20(9-5-8-18-12-14-26-15-13-18)16-21(23)24(28)22(25(27)29)17-19-6-3-2-4-7-19/h2-4,6-7,10-17H,8H2,1H3. The number of hydrogen-bond donors (Lipinski definition) is 0. The van der Waals surface area contributed by atoms with Crippen molar-refractivity contribution in [2.45, 2.75) is 6.42 Å². The first-order valence-corrected chi connectivity index (χ1v) is 9.25. The third-order valence-corrected chi connectivity index (χ3v) is 4.77. The van der Waals surface area contributed by atoms with Gasteiger partial charge in [0.2, 0.25) is 5.78 Å². The molecule has 0 atom stereocenters. The Hall–Kier alpha value is -3.97. The van der Waals surface area contributed by atoms with E-state index in [0.29, 0.717) is 17.7 Å². The fraction of sp³-hybridized carbons (Fsp3) is 0.0800. The van der Waals surface area contributed by atoms with Gasteiger partial charge in [0, 0.05) is 37.0 Å². The van der Waals surface area contributed by atoms with E-state index in [0.717, 1.165) is 16.7 Å². The van der Waals surface area contributed by atoms with Crippen LogP contribution in [0.15, 0.2) is 78.6 Å². The van der Waals surface area contributed by atoms with Gasteiger partial charge in [-0.05, 0) is 47.5 Å². The Bertz CT molecular complexity index is 1170. The quantitative estimate of drug-likeness (QED) is 0.386. The van der Waals surface area contributed by atoms with Gasteiger partial charge >= 0.3 is 0 Å². The largest absolute Gasteiger partial charge is 0.311 e. The Kier molecular flexibility index (Phi) is 5.05. The number of amides is 1. The number of rotatable bonds is 2. The molecule has 0 saturated heterocycles. The van der Waals surface area contributed by atoms with Crippen LogP contribution in [0, 0.1) is 11.8 Å². The number of Topliss-reactive ketones (excluding diaryl/α,β-unsaturated/α-hetero) is 1. The monoisotopic (exact) mass is 378 g/mol. The molecular weight excluding hydrogens is 360 g/mol. The maximum atomic E-state index is 13.1. The molecule has 2 heterocycles. The molecule has 1 aromatic heterocycles. The Labute approximate surface area is 169 Å². The van der Waals surface area contributed by atoms with Crippen molar-refractivity contribution in [2.75, 3.05) is 11.9 Å². The van der Waals surface area contributed by atoms with Gasteiger partial charge in [0.05, 0.1) is 11.3 Å². The van der Waals surface area contributed by atoms with Crippen molar-refractivity contribution < 1.29 is 9.59 Å². The molecule has 0 bridgehead atoms. The number of anilines is 1. The van der Waals surface area contributed by atoms with E-state index in [1.807, 2.05) is 48.5 Å². The predicted molar refractivity (Wildman–Crippen MR) is 113 cm³/mol. The number of hydrogen-bond acceptors (Lipinski definition) is 3. The first-order valence-electron chi connectivity index (χ1n) is 9.25. The lowest BCUT2D eigenvalue weighted by atomic mass is 9.92. The number of fused-ring (bicyclic) bond motifs is 1. The molecule has 29 heavy (non-hydrogen) atoms. The lowest BCUT2D eigenvalue weighted by Gasteiger charge is -2.26. The maximum absolute atomic E-state index is 13.1. The molecule has 0 spiro atoms. The molecule has 1 aliphatic heterocycles. The summed E-state index contributed by atoms with van der Waals surface area (Å²) in [5.41, 5.74) is 3.89. The van der Waals surface area contributed by atoms with Gasteiger partial charge in [-0.15, -0.1) is 0 Å². The van der Waals surface area contributed by atoms with Gasteiger partial charge in [-0.1, -0.05) is 42.2 Å². The van der Waals surface area contributed by atoms with Crippen LogP contribution in [0.3, 0.4) is 0 Å². The number of carbonyl (C=O) groups excluding carboxylic acids is 2. The second-order valence-electron chi connectivity index (χ2n) is 6.73. The molecular formula is C25H18N2O2. The van der Waals surface area contributed by atoms with Crippen LogP contribution < -0.4 is 4.90 Å².